The Morgan fingerprint density at radius 1 is 1.40 bits per heavy atom. The monoisotopic (exact) mass is 372 g/mol. The van der Waals surface area contributed by atoms with Crippen molar-refractivity contribution in [2.75, 3.05) is 13.7 Å². The van der Waals surface area contributed by atoms with Crippen LogP contribution in [-0.2, 0) is 11.3 Å². The van der Waals surface area contributed by atoms with Crippen LogP contribution in [-0.4, -0.2) is 41.3 Å². The van der Waals surface area contributed by atoms with E-state index in [2.05, 4.69) is 15.7 Å². The SMILES string of the molecule is COc1ccc(-n2ccc(CNC(=O)C3CC(F)(F)CN3)n2)cc1.Cl. The molecule has 0 bridgehead atoms. The molecule has 2 heterocycles. The summed E-state index contributed by atoms with van der Waals surface area (Å²) < 4.78 is 33.0. The molecular formula is C16H19ClF2N4O2. The molecule has 0 aliphatic carbocycles. The van der Waals surface area contributed by atoms with E-state index in [1.165, 1.54) is 0 Å². The van der Waals surface area contributed by atoms with Crippen molar-refractivity contribution in [1.29, 1.82) is 0 Å². The number of nitrogens with one attached hydrogen (secondary N) is 2. The smallest absolute Gasteiger partial charge is 0.262 e. The summed E-state index contributed by atoms with van der Waals surface area (Å²) >= 11 is 0. The van der Waals surface area contributed by atoms with Gasteiger partial charge in [-0.2, -0.15) is 5.10 Å². The van der Waals surface area contributed by atoms with Crippen LogP contribution in [0, 0.1) is 0 Å². The minimum atomic E-state index is -2.82. The molecule has 1 saturated heterocycles. The van der Waals surface area contributed by atoms with Gasteiger partial charge in [-0.15, -0.1) is 12.4 Å². The van der Waals surface area contributed by atoms with Crippen molar-refractivity contribution < 1.29 is 18.3 Å². The van der Waals surface area contributed by atoms with Gasteiger partial charge < -0.3 is 10.1 Å². The quantitative estimate of drug-likeness (QED) is 0.841. The first kappa shape index (κ1) is 19.1. The lowest BCUT2D eigenvalue weighted by atomic mass is 10.2. The highest BCUT2D eigenvalue weighted by Gasteiger charge is 2.42. The Hall–Kier alpha value is -2.19. The highest BCUT2D eigenvalue weighted by molar-refractivity contribution is 5.85. The zero-order chi connectivity index (χ0) is 17.2. The molecule has 1 aromatic heterocycles. The number of ether oxygens (including phenoxy) is 1. The van der Waals surface area contributed by atoms with Crippen molar-refractivity contribution in [1.82, 2.24) is 20.4 Å². The maximum Gasteiger partial charge on any atom is 0.262 e. The summed E-state index contributed by atoms with van der Waals surface area (Å²) in [7, 11) is 1.60. The summed E-state index contributed by atoms with van der Waals surface area (Å²) in [5, 5.41) is 9.51. The summed E-state index contributed by atoms with van der Waals surface area (Å²) in [6.07, 6.45) is 1.30. The van der Waals surface area contributed by atoms with E-state index in [0.717, 1.165) is 11.4 Å². The lowest BCUT2D eigenvalue weighted by Crippen LogP contribution is -2.40. The first-order valence-electron chi connectivity index (χ1n) is 7.55. The molecule has 1 aliphatic heterocycles. The number of aromatic nitrogens is 2. The third-order valence-electron chi connectivity index (χ3n) is 3.85. The second-order valence-electron chi connectivity index (χ2n) is 5.66. The molecule has 1 amide bonds. The molecule has 25 heavy (non-hydrogen) atoms. The van der Waals surface area contributed by atoms with E-state index in [9.17, 15) is 13.6 Å². The van der Waals surface area contributed by atoms with Gasteiger partial charge in [-0.3, -0.25) is 10.1 Å². The molecule has 9 heteroatoms. The van der Waals surface area contributed by atoms with E-state index >= 15 is 0 Å². The topological polar surface area (TPSA) is 68.2 Å². The van der Waals surface area contributed by atoms with Crippen molar-refractivity contribution in [3.05, 3.63) is 42.2 Å². The number of halogens is 3. The number of methoxy groups -OCH3 is 1. The van der Waals surface area contributed by atoms with Gasteiger partial charge in [0.25, 0.3) is 5.92 Å². The van der Waals surface area contributed by atoms with E-state index in [1.54, 1.807) is 24.1 Å². The molecule has 1 fully saturated rings. The second-order valence-corrected chi connectivity index (χ2v) is 5.66. The zero-order valence-corrected chi connectivity index (χ0v) is 14.4. The van der Waals surface area contributed by atoms with Gasteiger partial charge in [-0.1, -0.05) is 0 Å². The molecule has 1 unspecified atom stereocenters. The summed E-state index contributed by atoms with van der Waals surface area (Å²) in [6, 6.07) is 8.27. The number of hydrogen-bond donors (Lipinski definition) is 2. The van der Waals surface area contributed by atoms with Gasteiger partial charge in [0.2, 0.25) is 5.91 Å². The fraction of sp³-hybridized carbons (Fsp3) is 0.375. The second kappa shape index (κ2) is 7.79. The van der Waals surface area contributed by atoms with Crippen molar-refractivity contribution in [2.24, 2.45) is 0 Å². The molecule has 2 aromatic rings. The highest BCUT2D eigenvalue weighted by atomic mass is 35.5. The number of hydrogen-bond acceptors (Lipinski definition) is 4. The van der Waals surface area contributed by atoms with Gasteiger partial charge in [-0.25, -0.2) is 13.5 Å². The third-order valence-corrected chi connectivity index (χ3v) is 3.85. The van der Waals surface area contributed by atoms with Crippen LogP contribution in [0.4, 0.5) is 8.78 Å². The third kappa shape index (κ3) is 4.67. The maximum atomic E-state index is 13.1. The van der Waals surface area contributed by atoms with Gasteiger partial charge in [0.05, 0.1) is 37.6 Å². The number of benzene rings is 1. The van der Waals surface area contributed by atoms with Crippen LogP contribution in [0.5, 0.6) is 5.75 Å². The van der Waals surface area contributed by atoms with Crippen LogP contribution >= 0.6 is 12.4 Å². The summed E-state index contributed by atoms with van der Waals surface area (Å²) in [6.45, 7) is -0.275. The Balaban J connectivity index is 0.00000225. The van der Waals surface area contributed by atoms with Crippen molar-refractivity contribution in [3.8, 4) is 11.4 Å². The van der Waals surface area contributed by atoms with E-state index < -0.39 is 30.8 Å². The number of nitrogens with zero attached hydrogens (tertiary/aromatic N) is 2. The van der Waals surface area contributed by atoms with Gasteiger partial charge in [0, 0.05) is 12.6 Å². The number of alkyl halides is 2. The lowest BCUT2D eigenvalue weighted by molar-refractivity contribution is -0.123. The fourth-order valence-electron chi connectivity index (χ4n) is 2.54. The number of carbonyl (C=O) groups excluding carboxylic acids is 1. The van der Waals surface area contributed by atoms with Crippen molar-refractivity contribution >= 4 is 18.3 Å². The van der Waals surface area contributed by atoms with Crippen LogP contribution in [0.2, 0.25) is 0 Å². The number of rotatable bonds is 5. The summed E-state index contributed by atoms with van der Waals surface area (Å²) in [4.78, 5) is 11.9. The number of amides is 1. The Morgan fingerprint density at radius 2 is 2.12 bits per heavy atom. The Morgan fingerprint density at radius 3 is 2.72 bits per heavy atom. The Labute approximate surface area is 150 Å². The standard InChI is InChI=1S/C16H18F2N4O2.ClH/c1-24-13-4-2-12(3-5-13)22-7-6-11(21-22)9-19-15(23)14-8-16(17,18)10-20-14;/h2-7,14,20H,8-10H2,1H3,(H,19,23);1H. The maximum absolute atomic E-state index is 13.1. The zero-order valence-electron chi connectivity index (χ0n) is 13.5. The molecule has 6 nitrogen and oxygen atoms in total. The van der Waals surface area contributed by atoms with Crippen LogP contribution in [0.25, 0.3) is 5.69 Å². The van der Waals surface area contributed by atoms with Crippen molar-refractivity contribution in [2.45, 2.75) is 24.9 Å². The Kier molecular flexibility index (Phi) is 5.97. The normalized spacial score (nSPS) is 18.4. The lowest BCUT2D eigenvalue weighted by Gasteiger charge is -2.10. The van der Waals surface area contributed by atoms with Crippen LogP contribution < -0.4 is 15.4 Å². The average Bonchev–Trinajstić information content (AvgIpc) is 3.19. The highest BCUT2D eigenvalue weighted by Crippen LogP contribution is 2.25. The summed E-state index contributed by atoms with van der Waals surface area (Å²) in [5.74, 6) is -2.51. The van der Waals surface area contributed by atoms with E-state index in [4.69, 9.17) is 4.74 Å². The Bertz CT molecular complexity index is 721. The minimum Gasteiger partial charge on any atom is -0.497 e. The minimum absolute atomic E-state index is 0. The fourth-order valence-corrected chi connectivity index (χ4v) is 2.54. The molecule has 0 radical (unpaired) electrons. The molecule has 1 aliphatic rings. The van der Waals surface area contributed by atoms with Crippen LogP contribution in [0.3, 0.4) is 0 Å². The predicted molar refractivity (Wildman–Crippen MR) is 90.6 cm³/mol. The van der Waals surface area contributed by atoms with E-state index in [1.807, 2.05) is 24.3 Å². The molecule has 3 rings (SSSR count). The molecule has 1 atom stereocenters. The van der Waals surface area contributed by atoms with Crippen molar-refractivity contribution in [3.63, 3.8) is 0 Å². The molecule has 136 valence electrons. The first-order valence-corrected chi connectivity index (χ1v) is 7.55. The molecule has 0 spiro atoms. The largest absolute Gasteiger partial charge is 0.497 e. The van der Waals surface area contributed by atoms with E-state index in [0.29, 0.717) is 5.69 Å². The molecule has 0 saturated carbocycles. The first-order chi connectivity index (χ1) is 11.5. The van der Waals surface area contributed by atoms with Gasteiger partial charge in [-0.05, 0) is 30.3 Å². The van der Waals surface area contributed by atoms with Crippen LogP contribution in [0.15, 0.2) is 36.5 Å². The van der Waals surface area contributed by atoms with Gasteiger partial charge >= 0.3 is 0 Å². The molecule has 1 aromatic carbocycles. The summed E-state index contributed by atoms with van der Waals surface area (Å²) in [5.41, 5.74) is 1.49. The predicted octanol–water partition coefficient (Wildman–Crippen LogP) is 1.92. The van der Waals surface area contributed by atoms with Crippen LogP contribution in [0.1, 0.15) is 12.1 Å². The average molecular weight is 373 g/mol. The molecular weight excluding hydrogens is 354 g/mol. The van der Waals surface area contributed by atoms with Gasteiger partial charge in [0.1, 0.15) is 5.75 Å². The van der Waals surface area contributed by atoms with Gasteiger partial charge in [0.15, 0.2) is 0 Å². The van der Waals surface area contributed by atoms with E-state index in [-0.39, 0.29) is 19.0 Å². The molecule has 2 N–H and O–H groups in total. The number of carbonyl (C=O) groups is 1.